The predicted molar refractivity (Wildman–Crippen MR) is 85.4 cm³/mol. The number of benzene rings is 1. The van der Waals surface area contributed by atoms with E-state index in [1.807, 2.05) is 0 Å². The Kier molecular flexibility index (Phi) is 5.38. The van der Waals surface area contributed by atoms with Crippen LogP contribution >= 0.6 is 15.9 Å². The summed E-state index contributed by atoms with van der Waals surface area (Å²) in [5.74, 6) is -0.465. The number of amides is 1. The van der Waals surface area contributed by atoms with Gasteiger partial charge in [-0.1, -0.05) is 5.16 Å². The third-order valence-corrected chi connectivity index (χ3v) is 3.61. The van der Waals surface area contributed by atoms with Gasteiger partial charge in [-0.2, -0.15) is 0 Å². The highest BCUT2D eigenvalue weighted by Crippen LogP contribution is 2.23. The maximum Gasteiger partial charge on any atom is 0.340 e. The summed E-state index contributed by atoms with van der Waals surface area (Å²) in [7, 11) is 1.49. The molecule has 1 aromatic carbocycles. The highest BCUT2D eigenvalue weighted by atomic mass is 79.9. The number of aryl methyl sites for hydroxylation is 1. The van der Waals surface area contributed by atoms with Crippen molar-refractivity contribution in [2.24, 2.45) is 0 Å². The molecule has 0 saturated carbocycles. The van der Waals surface area contributed by atoms with Crippen LogP contribution in [0.2, 0.25) is 0 Å². The molecule has 1 atom stereocenters. The van der Waals surface area contributed by atoms with Crippen molar-refractivity contribution in [3.05, 3.63) is 40.0 Å². The Morgan fingerprint density at radius 1 is 1.35 bits per heavy atom. The summed E-state index contributed by atoms with van der Waals surface area (Å²) in [5.41, 5.74) is 0.893. The Hall–Kier alpha value is -2.35. The van der Waals surface area contributed by atoms with Crippen molar-refractivity contribution in [1.82, 2.24) is 5.16 Å². The zero-order valence-electron chi connectivity index (χ0n) is 12.8. The van der Waals surface area contributed by atoms with Gasteiger partial charge in [0.1, 0.15) is 5.75 Å². The highest BCUT2D eigenvalue weighted by Gasteiger charge is 2.22. The molecule has 1 N–H and O–H groups in total. The standard InChI is InChI=1S/C15H15BrN2O5/c1-8-6-13(23-18-8)17-14(19)9(2)22-15(20)11-7-10(21-3)4-5-12(11)16/h4-7,9H,1-3H3,(H,17,19). The van der Waals surface area contributed by atoms with Crippen LogP contribution in [0.4, 0.5) is 5.88 Å². The van der Waals surface area contributed by atoms with E-state index in [9.17, 15) is 9.59 Å². The smallest absolute Gasteiger partial charge is 0.340 e. The number of nitrogens with one attached hydrogen (secondary N) is 1. The molecule has 0 saturated heterocycles. The lowest BCUT2D eigenvalue weighted by Gasteiger charge is -2.13. The van der Waals surface area contributed by atoms with Gasteiger partial charge in [-0.15, -0.1) is 0 Å². The quantitative estimate of drug-likeness (QED) is 0.799. The number of nitrogens with zero attached hydrogens (tertiary/aromatic N) is 1. The average Bonchev–Trinajstić information content (AvgIpc) is 2.92. The number of esters is 1. The average molecular weight is 383 g/mol. The summed E-state index contributed by atoms with van der Waals surface area (Å²) in [4.78, 5) is 24.2. The first-order valence-corrected chi connectivity index (χ1v) is 7.48. The maximum absolute atomic E-state index is 12.2. The Labute approximate surface area is 141 Å². The van der Waals surface area contributed by atoms with Gasteiger partial charge >= 0.3 is 5.97 Å². The van der Waals surface area contributed by atoms with Crippen LogP contribution in [-0.4, -0.2) is 30.2 Å². The second kappa shape index (κ2) is 7.28. The van der Waals surface area contributed by atoms with E-state index in [4.69, 9.17) is 14.0 Å². The van der Waals surface area contributed by atoms with Gasteiger partial charge in [0.15, 0.2) is 6.10 Å². The molecule has 8 heteroatoms. The first-order valence-electron chi connectivity index (χ1n) is 6.69. The van der Waals surface area contributed by atoms with Gasteiger partial charge in [0.2, 0.25) is 5.88 Å². The molecule has 0 bridgehead atoms. The minimum atomic E-state index is -1.01. The van der Waals surface area contributed by atoms with E-state index in [2.05, 4.69) is 26.4 Å². The number of rotatable bonds is 5. The predicted octanol–water partition coefficient (Wildman–Crippen LogP) is 2.94. The molecule has 0 aliphatic carbocycles. The number of ether oxygens (including phenoxy) is 2. The zero-order valence-corrected chi connectivity index (χ0v) is 14.3. The Balaban J connectivity index is 2.03. The minimum absolute atomic E-state index is 0.193. The van der Waals surface area contributed by atoms with E-state index in [0.717, 1.165) is 0 Å². The molecule has 2 aromatic rings. The Morgan fingerprint density at radius 2 is 2.09 bits per heavy atom. The van der Waals surface area contributed by atoms with E-state index in [1.165, 1.54) is 20.1 Å². The summed E-state index contributed by atoms with van der Waals surface area (Å²) in [6, 6.07) is 6.45. The van der Waals surface area contributed by atoms with Crippen molar-refractivity contribution in [2.75, 3.05) is 12.4 Å². The molecule has 0 radical (unpaired) electrons. The number of hydrogen-bond acceptors (Lipinski definition) is 6. The topological polar surface area (TPSA) is 90.7 Å². The van der Waals surface area contributed by atoms with Crippen LogP contribution in [0.25, 0.3) is 0 Å². The molecule has 122 valence electrons. The largest absolute Gasteiger partial charge is 0.497 e. The SMILES string of the molecule is COc1ccc(Br)c(C(=O)OC(C)C(=O)Nc2cc(C)no2)c1. The van der Waals surface area contributed by atoms with Gasteiger partial charge in [0.25, 0.3) is 5.91 Å². The second-order valence-electron chi connectivity index (χ2n) is 4.72. The maximum atomic E-state index is 12.2. The number of carbonyl (C=O) groups is 2. The Bertz CT molecular complexity index is 728. The molecule has 0 fully saturated rings. The number of aromatic nitrogens is 1. The summed E-state index contributed by atoms with van der Waals surface area (Å²) in [5, 5.41) is 6.13. The molecule has 1 aromatic heterocycles. The van der Waals surface area contributed by atoms with Crippen LogP contribution < -0.4 is 10.1 Å². The van der Waals surface area contributed by atoms with Gasteiger partial charge in [-0.25, -0.2) is 4.79 Å². The molecule has 0 aliphatic rings. The van der Waals surface area contributed by atoms with Crippen molar-refractivity contribution in [3.8, 4) is 5.75 Å². The third kappa shape index (κ3) is 4.32. The summed E-state index contributed by atoms with van der Waals surface area (Å²) < 4.78 is 15.6. The van der Waals surface area contributed by atoms with E-state index < -0.39 is 18.0 Å². The fourth-order valence-electron chi connectivity index (χ4n) is 1.71. The van der Waals surface area contributed by atoms with Crippen molar-refractivity contribution in [3.63, 3.8) is 0 Å². The van der Waals surface area contributed by atoms with Crippen LogP contribution in [0.3, 0.4) is 0 Å². The third-order valence-electron chi connectivity index (χ3n) is 2.92. The molecule has 1 unspecified atom stereocenters. The van der Waals surface area contributed by atoms with Crippen LogP contribution in [0.5, 0.6) is 5.75 Å². The number of anilines is 1. The van der Waals surface area contributed by atoms with E-state index >= 15 is 0 Å². The summed E-state index contributed by atoms with van der Waals surface area (Å²) in [6.07, 6.45) is -1.01. The molecule has 2 rings (SSSR count). The molecule has 0 spiro atoms. The Morgan fingerprint density at radius 3 is 2.70 bits per heavy atom. The lowest BCUT2D eigenvalue weighted by Crippen LogP contribution is -2.30. The number of carbonyl (C=O) groups excluding carboxylic acids is 2. The van der Waals surface area contributed by atoms with Crippen molar-refractivity contribution in [2.45, 2.75) is 20.0 Å². The molecule has 7 nitrogen and oxygen atoms in total. The van der Waals surface area contributed by atoms with Crippen molar-refractivity contribution in [1.29, 1.82) is 0 Å². The second-order valence-corrected chi connectivity index (χ2v) is 5.57. The van der Waals surface area contributed by atoms with Crippen LogP contribution in [-0.2, 0) is 9.53 Å². The van der Waals surface area contributed by atoms with E-state index in [1.54, 1.807) is 25.1 Å². The fourth-order valence-corrected chi connectivity index (χ4v) is 2.12. The van der Waals surface area contributed by atoms with Crippen LogP contribution in [0.15, 0.2) is 33.3 Å². The van der Waals surface area contributed by atoms with Crippen molar-refractivity contribution < 1.29 is 23.6 Å². The van der Waals surface area contributed by atoms with Gasteiger partial charge in [-0.05, 0) is 48.0 Å². The van der Waals surface area contributed by atoms with Crippen LogP contribution in [0.1, 0.15) is 23.0 Å². The first kappa shape index (κ1) is 17.0. The molecule has 1 amide bonds. The van der Waals surface area contributed by atoms with Gasteiger partial charge in [0, 0.05) is 10.5 Å². The zero-order chi connectivity index (χ0) is 17.0. The summed E-state index contributed by atoms with van der Waals surface area (Å²) >= 11 is 3.26. The number of hydrogen-bond donors (Lipinski definition) is 1. The molecule has 1 heterocycles. The molecule has 0 aliphatic heterocycles. The number of methoxy groups -OCH3 is 1. The molecule has 23 heavy (non-hydrogen) atoms. The first-order chi connectivity index (χ1) is 10.9. The lowest BCUT2D eigenvalue weighted by atomic mass is 10.2. The minimum Gasteiger partial charge on any atom is -0.497 e. The van der Waals surface area contributed by atoms with Crippen LogP contribution in [0, 0.1) is 6.92 Å². The highest BCUT2D eigenvalue weighted by molar-refractivity contribution is 9.10. The molecular formula is C15H15BrN2O5. The monoisotopic (exact) mass is 382 g/mol. The number of halogens is 1. The van der Waals surface area contributed by atoms with Gasteiger partial charge in [0.05, 0.1) is 18.4 Å². The van der Waals surface area contributed by atoms with Gasteiger partial charge < -0.3 is 14.0 Å². The fraction of sp³-hybridized carbons (Fsp3) is 0.267. The van der Waals surface area contributed by atoms with Crippen molar-refractivity contribution >= 4 is 33.7 Å². The lowest BCUT2D eigenvalue weighted by molar-refractivity contribution is -0.123. The van der Waals surface area contributed by atoms with E-state index in [0.29, 0.717) is 15.9 Å². The van der Waals surface area contributed by atoms with E-state index in [-0.39, 0.29) is 11.4 Å². The normalized spacial score (nSPS) is 11.7. The molecular weight excluding hydrogens is 368 g/mol. The van der Waals surface area contributed by atoms with Gasteiger partial charge in [-0.3, -0.25) is 10.1 Å². The summed E-state index contributed by atoms with van der Waals surface area (Å²) in [6.45, 7) is 3.19.